The van der Waals surface area contributed by atoms with Crippen molar-refractivity contribution in [1.82, 2.24) is 18.9 Å². The Bertz CT molecular complexity index is 1670. The van der Waals surface area contributed by atoms with Gasteiger partial charge in [0, 0.05) is 34.9 Å². The zero-order valence-corrected chi connectivity index (χ0v) is 18.6. The van der Waals surface area contributed by atoms with Gasteiger partial charge < -0.3 is 10.5 Å². The Balaban J connectivity index is 1.73. The number of halogens is 2. The van der Waals surface area contributed by atoms with Gasteiger partial charge in [0.25, 0.3) is 10.0 Å². The molecule has 3 aromatic heterocycles. The number of nitrogen functional groups attached to an aromatic ring is 1. The van der Waals surface area contributed by atoms with Crippen LogP contribution in [0.1, 0.15) is 0 Å². The summed E-state index contributed by atoms with van der Waals surface area (Å²) in [6.45, 7) is 0. The molecule has 0 radical (unpaired) electrons. The van der Waals surface area contributed by atoms with E-state index in [1.54, 1.807) is 30.5 Å². The molecule has 166 valence electrons. The second-order valence-electron chi connectivity index (χ2n) is 7.13. The van der Waals surface area contributed by atoms with Gasteiger partial charge in [-0.3, -0.25) is 0 Å². The zero-order valence-electron chi connectivity index (χ0n) is 17.0. The second-order valence-corrected chi connectivity index (χ2v) is 9.35. The number of nitrogens with zero attached hydrogens (tertiary/aromatic N) is 4. The third-order valence-electron chi connectivity index (χ3n) is 5.19. The second kappa shape index (κ2) is 7.68. The summed E-state index contributed by atoms with van der Waals surface area (Å²) in [6, 6.07) is 10.6. The lowest BCUT2D eigenvalue weighted by Gasteiger charge is -2.12. The number of fused-ring (bicyclic) bond motifs is 2. The summed E-state index contributed by atoms with van der Waals surface area (Å²) >= 11 is 5.98. The molecule has 0 amide bonds. The number of anilines is 1. The fraction of sp³-hybridized carbons (Fsp3) is 0.0455. The molecule has 0 aliphatic rings. The summed E-state index contributed by atoms with van der Waals surface area (Å²) in [7, 11) is -2.84. The van der Waals surface area contributed by atoms with Crippen LogP contribution in [-0.4, -0.2) is 34.5 Å². The van der Waals surface area contributed by atoms with Crippen molar-refractivity contribution in [2.45, 2.75) is 4.90 Å². The summed E-state index contributed by atoms with van der Waals surface area (Å²) in [4.78, 5) is 11.9. The molecule has 5 aromatic rings. The van der Waals surface area contributed by atoms with Crippen LogP contribution in [0, 0.1) is 5.82 Å². The van der Waals surface area contributed by atoms with E-state index in [1.165, 1.54) is 37.7 Å². The first kappa shape index (κ1) is 21.1. The Morgan fingerprint density at radius 3 is 2.70 bits per heavy atom. The van der Waals surface area contributed by atoms with Crippen molar-refractivity contribution in [2.24, 2.45) is 0 Å². The van der Waals surface area contributed by atoms with E-state index >= 15 is 4.39 Å². The van der Waals surface area contributed by atoms with E-state index in [-0.39, 0.29) is 32.8 Å². The molecule has 0 saturated carbocycles. The van der Waals surface area contributed by atoms with Crippen molar-refractivity contribution in [3.63, 3.8) is 0 Å². The van der Waals surface area contributed by atoms with Gasteiger partial charge in [0.2, 0.25) is 11.8 Å². The summed E-state index contributed by atoms with van der Waals surface area (Å²) in [6.07, 6.45) is 4.19. The SMILES string of the molecule is COc1ncc(Cl)cc1S(=O)(=O)n1ccc2c(-c3ccc4nc(N)ncc4c3)c(F)ccc21. The van der Waals surface area contributed by atoms with Gasteiger partial charge in [-0.05, 0) is 42.0 Å². The van der Waals surface area contributed by atoms with Gasteiger partial charge in [0.05, 0.1) is 23.2 Å². The summed E-state index contributed by atoms with van der Waals surface area (Å²) in [5.74, 6) is -0.468. The molecule has 0 spiro atoms. The molecule has 3 heterocycles. The minimum absolute atomic E-state index is 0.0996. The number of aromatic nitrogens is 4. The van der Waals surface area contributed by atoms with E-state index in [4.69, 9.17) is 22.1 Å². The minimum Gasteiger partial charge on any atom is -0.480 e. The molecule has 5 rings (SSSR count). The van der Waals surface area contributed by atoms with Crippen molar-refractivity contribution >= 4 is 49.4 Å². The smallest absolute Gasteiger partial charge is 0.273 e. The molecule has 0 fully saturated rings. The number of hydrogen-bond donors (Lipinski definition) is 1. The third-order valence-corrected chi connectivity index (χ3v) is 7.08. The van der Waals surface area contributed by atoms with Gasteiger partial charge in [0.15, 0.2) is 4.90 Å². The average Bonchev–Trinajstić information content (AvgIpc) is 3.23. The molecule has 33 heavy (non-hydrogen) atoms. The quantitative estimate of drug-likeness (QED) is 0.406. The van der Waals surface area contributed by atoms with Crippen LogP contribution in [-0.2, 0) is 10.0 Å². The van der Waals surface area contributed by atoms with Crippen LogP contribution < -0.4 is 10.5 Å². The maximum atomic E-state index is 15.0. The Morgan fingerprint density at radius 1 is 1.09 bits per heavy atom. The molecular weight excluding hydrogens is 469 g/mol. The lowest BCUT2D eigenvalue weighted by atomic mass is 10.00. The van der Waals surface area contributed by atoms with E-state index in [2.05, 4.69) is 15.0 Å². The predicted octanol–water partition coefficient (Wildman–Crippen LogP) is 4.27. The first-order chi connectivity index (χ1) is 15.8. The third kappa shape index (κ3) is 3.43. The Kier molecular flexibility index (Phi) is 4.91. The van der Waals surface area contributed by atoms with Crippen LogP contribution in [0.4, 0.5) is 10.3 Å². The Hall–Kier alpha value is -3.76. The van der Waals surface area contributed by atoms with E-state index in [0.29, 0.717) is 21.9 Å². The van der Waals surface area contributed by atoms with Crippen molar-refractivity contribution in [3.8, 4) is 17.0 Å². The molecule has 11 heteroatoms. The van der Waals surface area contributed by atoms with E-state index in [9.17, 15) is 8.42 Å². The molecule has 0 saturated heterocycles. The van der Waals surface area contributed by atoms with Gasteiger partial charge >= 0.3 is 0 Å². The first-order valence-electron chi connectivity index (χ1n) is 9.57. The first-order valence-corrected chi connectivity index (χ1v) is 11.4. The van der Waals surface area contributed by atoms with Crippen molar-refractivity contribution in [3.05, 3.63) is 71.9 Å². The molecule has 0 aliphatic carbocycles. The topological polar surface area (TPSA) is 113 Å². The van der Waals surface area contributed by atoms with E-state index < -0.39 is 15.8 Å². The van der Waals surface area contributed by atoms with Gasteiger partial charge in [0.1, 0.15) is 5.82 Å². The molecule has 0 atom stereocenters. The Morgan fingerprint density at radius 2 is 1.91 bits per heavy atom. The summed E-state index contributed by atoms with van der Waals surface area (Å²) in [5, 5.41) is 1.21. The van der Waals surface area contributed by atoms with Crippen LogP contribution in [0.2, 0.25) is 5.02 Å². The average molecular weight is 484 g/mol. The van der Waals surface area contributed by atoms with Crippen molar-refractivity contribution in [2.75, 3.05) is 12.8 Å². The van der Waals surface area contributed by atoms with E-state index in [0.717, 1.165) is 3.97 Å². The number of pyridine rings is 1. The molecule has 2 N–H and O–H groups in total. The number of rotatable bonds is 4. The normalized spacial score (nSPS) is 11.8. The van der Waals surface area contributed by atoms with Crippen LogP contribution in [0.5, 0.6) is 5.88 Å². The van der Waals surface area contributed by atoms with Crippen LogP contribution in [0.25, 0.3) is 32.9 Å². The largest absolute Gasteiger partial charge is 0.480 e. The summed E-state index contributed by atoms with van der Waals surface area (Å²) in [5.41, 5.74) is 7.30. The maximum absolute atomic E-state index is 15.0. The molecule has 2 aromatic carbocycles. The lowest BCUT2D eigenvalue weighted by molar-refractivity contribution is 0.385. The number of methoxy groups -OCH3 is 1. The molecule has 0 aliphatic heterocycles. The highest BCUT2D eigenvalue weighted by Crippen LogP contribution is 2.36. The van der Waals surface area contributed by atoms with Gasteiger partial charge in [-0.2, -0.15) is 0 Å². The monoisotopic (exact) mass is 483 g/mol. The maximum Gasteiger partial charge on any atom is 0.273 e. The number of nitrogens with two attached hydrogens (primary N) is 1. The number of ether oxygens (including phenoxy) is 1. The molecular formula is C22H15ClFN5O3S. The number of hydrogen-bond acceptors (Lipinski definition) is 7. The van der Waals surface area contributed by atoms with Gasteiger partial charge in [-0.25, -0.2) is 31.7 Å². The Labute approximate surface area is 192 Å². The fourth-order valence-corrected chi connectivity index (χ4v) is 5.43. The van der Waals surface area contributed by atoms with Crippen molar-refractivity contribution in [1.29, 1.82) is 0 Å². The van der Waals surface area contributed by atoms with Crippen LogP contribution in [0.3, 0.4) is 0 Å². The zero-order chi connectivity index (χ0) is 23.3. The molecule has 0 bridgehead atoms. The summed E-state index contributed by atoms with van der Waals surface area (Å²) < 4.78 is 48.1. The van der Waals surface area contributed by atoms with Gasteiger partial charge in [-0.15, -0.1) is 0 Å². The standard InChI is InChI=1S/C22H15ClFN5O3S/c1-32-21-19(9-14(23)11-26-21)33(30,31)29-7-6-15-18(29)5-3-16(24)20(15)12-2-4-17-13(8-12)10-27-22(25)28-17/h2-11H,1H3,(H2,25,27,28). The van der Waals surface area contributed by atoms with Crippen LogP contribution >= 0.6 is 11.6 Å². The lowest BCUT2D eigenvalue weighted by Crippen LogP contribution is -2.13. The van der Waals surface area contributed by atoms with Crippen LogP contribution in [0.15, 0.2) is 66.0 Å². The van der Waals surface area contributed by atoms with Crippen molar-refractivity contribution < 1.29 is 17.5 Å². The minimum atomic E-state index is -4.15. The highest BCUT2D eigenvalue weighted by atomic mass is 35.5. The van der Waals surface area contributed by atoms with Gasteiger partial charge in [-0.1, -0.05) is 17.7 Å². The van der Waals surface area contributed by atoms with E-state index in [1.807, 2.05) is 0 Å². The predicted molar refractivity (Wildman–Crippen MR) is 123 cm³/mol. The fourth-order valence-electron chi connectivity index (χ4n) is 3.72. The molecule has 8 nitrogen and oxygen atoms in total. The number of benzene rings is 2. The molecule has 0 unspecified atom stereocenters. The highest BCUT2D eigenvalue weighted by Gasteiger charge is 2.26. The highest BCUT2D eigenvalue weighted by molar-refractivity contribution is 7.90.